The Kier molecular flexibility index (Phi) is 8.06. The monoisotopic (exact) mass is 575 g/mol. The number of oxime groups is 1. The molecule has 2 aromatic rings. The van der Waals surface area contributed by atoms with Gasteiger partial charge in [-0.3, -0.25) is 14.5 Å². The Morgan fingerprint density at radius 3 is 2.72 bits per heavy atom. The molecule has 14 nitrogen and oxygen atoms in total. The van der Waals surface area contributed by atoms with Gasteiger partial charge in [0, 0.05) is 11.1 Å². The Morgan fingerprint density at radius 2 is 2.08 bits per heavy atom. The highest BCUT2D eigenvalue weighted by Crippen LogP contribution is 2.40. The van der Waals surface area contributed by atoms with E-state index in [4.69, 9.17) is 15.3 Å². The summed E-state index contributed by atoms with van der Waals surface area (Å²) in [6.07, 6.45) is 2.84. The molecule has 2 amide bonds. The highest BCUT2D eigenvalue weighted by atomic mass is 32.2. The minimum Gasteiger partial charge on any atom is -0.504 e. The Bertz CT molecular complexity index is 1430. The molecule has 0 radical (unpaired) electrons. The van der Waals surface area contributed by atoms with Gasteiger partial charge in [-0.1, -0.05) is 11.2 Å². The number of nitrogens with zero attached hydrogens (tertiary/aromatic N) is 3. The molecule has 1 aromatic carbocycles. The fraction of sp³-hybridized carbons (Fsp3) is 0.217. The number of β-lactam (4-membered cyclic amide) rings is 1. The standard InChI is InChI=1S/C23H21N5O9S2/c1-36-27-15(12-9-39-23(24)25-12)18(31)26-16-19(32)28-17(21(33)34)11(8-38-20(16)28)3-2-6-37-22(35)10-4-5-13(29)14(30)7-10/h2-5,7,9,16,20,29-30H,6,8H2,1H3,(H2,24,25)(H,26,31)(H,33,34)/t16?,20-/m0/s1. The van der Waals surface area contributed by atoms with Crippen molar-refractivity contribution in [1.82, 2.24) is 15.2 Å². The number of phenols is 2. The molecule has 39 heavy (non-hydrogen) atoms. The van der Waals surface area contributed by atoms with Crippen LogP contribution in [0.5, 0.6) is 11.5 Å². The molecule has 1 aromatic heterocycles. The second-order valence-electron chi connectivity index (χ2n) is 7.94. The van der Waals surface area contributed by atoms with E-state index in [9.17, 15) is 34.5 Å². The molecule has 2 aliphatic rings. The first-order chi connectivity index (χ1) is 18.6. The molecule has 4 rings (SSSR count). The summed E-state index contributed by atoms with van der Waals surface area (Å²) in [5.41, 5.74) is 5.66. The number of phenolic OH excluding ortho intramolecular Hbond substituents is 2. The van der Waals surface area contributed by atoms with Crippen LogP contribution >= 0.6 is 23.1 Å². The number of allylic oxidation sites excluding steroid dienone is 1. The number of carbonyl (C=O) groups is 4. The number of anilines is 1. The van der Waals surface area contributed by atoms with Gasteiger partial charge < -0.3 is 35.9 Å². The SMILES string of the molecule is CON=C(C(=O)NC1C(=O)N2C(C(=O)O)=C(C=CCOC(=O)c3ccc(O)c(O)c3)CS[C@@H]12)c1csc(N)n1. The maximum Gasteiger partial charge on any atom is 0.352 e. The van der Waals surface area contributed by atoms with Crippen molar-refractivity contribution in [3.8, 4) is 11.5 Å². The number of aliphatic carboxylic acids is 1. The molecular weight excluding hydrogens is 554 g/mol. The van der Waals surface area contributed by atoms with Crippen LogP contribution in [0.15, 0.2) is 52.2 Å². The number of thioether (sulfide) groups is 1. The number of hydrogen-bond donors (Lipinski definition) is 5. The van der Waals surface area contributed by atoms with Crippen LogP contribution in [-0.4, -0.2) is 85.6 Å². The van der Waals surface area contributed by atoms with Gasteiger partial charge in [-0.2, -0.15) is 0 Å². The van der Waals surface area contributed by atoms with E-state index in [0.717, 1.165) is 28.4 Å². The quantitative estimate of drug-likeness (QED) is 0.0916. The van der Waals surface area contributed by atoms with E-state index in [-0.39, 0.29) is 45.9 Å². The van der Waals surface area contributed by atoms with Crippen LogP contribution in [0.2, 0.25) is 0 Å². The summed E-state index contributed by atoms with van der Waals surface area (Å²) < 4.78 is 5.08. The zero-order chi connectivity index (χ0) is 28.3. The number of carboxylic acids is 1. The second kappa shape index (κ2) is 11.4. The fourth-order valence-electron chi connectivity index (χ4n) is 3.72. The number of fused-ring (bicyclic) bond motifs is 1. The third-order valence-corrected chi connectivity index (χ3v) is 7.47. The maximum absolute atomic E-state index is 12.9. The first kappa shape index (κ1) is 27.5. The normalized spacial score (nSPS) is 18.9. The van der Waals surface area contributed by atoms with E-state index in [2.05, 4.69) is 15.5 Å². The molecule has 1 unspecified atom stereocenters. The number of benzene rings is 1. The lowest BCUT2D eigenvalue weighted by Crippen LogP contribution is -2.71. The molecule has 2 atom stereocenters. The number of rotatable bonds is 9. The summed E-state index contributed by atoms with van der Waals surface area (Å²) in [4.78, 5) is 59.7. The van der Waals surface area contributed by atoms with E-state index in [1.54, 1.807) is 0 Å². The number of amides is 2. The molecule has 16 heteroatoms. The van der Waals surface area contributed by atoms with Gasteiger partial charge in [0.15, 0.2) is 22.3 Å². The first-order valence-corrected chi connectivity index (χ1v) is 12.9. The maximum atomic E-state index is 12.9. The van der Waals surface area contributed by atoms with Crippen LogP contribution in [0, 0.1) is 0 Å². The van der Waals surface area contributed by atoms with Crippen LogP contribution in [0.3, 0.4) is 0 Å². The summed E-state index contributed by atoms with van der Waals surface area (Å²) in [7, 11) is 1.24. The van der Waals surface area contributed by atoms with Gasteiger partial charge in [0.05, 0.1) is 5.56 Å². The van der Waals surface area contributed by atoms with Crippen molar-refractivity contribution in [2.45, 2.75) is 11.4 Å². The summed E-state index contributed by atoms with van der Waals surface area (Å²) >= 11 is 2.33. The molecular formula is C23H21N5O9S2. The summed E-state index contributed by atoms with van der Waals surface area (Å²) in [5, 5.41) is 35.9. The van der Waals surface area contributed by atoms with Crippen molar-refractivity contribution in [2.24, 2.45) is 5.16 Å². The van der Waals surface area contributed by atoms with Gasteiger partial charge >= 0.3 is 11.9 Å². The lowest BCUT2D eigenvalue weighted by atomic mass is 10.0. The van der Waals surface area contributed by atoms with E-state index in [0.29, 0.717) is 5.57 Å². The molecule has 0 spiro atoms. The van der Waals surface area contributed by atoms with Crippen molar-refractivity contribution < 1.29 is 44.1 Å². The van der Waals surface area contributed by atoms with Crippen LogP contribution < -0.4 is 11.1 Å². The van der Waals surface area contributed by atoms with Crippen molar-refractivity contribution in [2.75, 3.05) is 25.2 Å². The summed E-state index contributed by atoms with van der Waals surface area (Å²) in [5.74, 6) is -4.15. The van der Waals surface area contributed by atoms with Crippen LogP contribution in [0.1, 0.15) is 16.1 Å². The molecule has 2 aliphatic heterocycles. The second-order valence-corrected chi connectivity index (χ2v) is 9.93. The number of aromatic nitrogens is 1. The van der Waals surface area contributed by atoms with Crippen LogP contribution in [0.4, 0.5) is 5.13 Å². The van der Waals surface area contributed by atoms with Crippen LogP contribution in [0.25, 0.3) is 0 Å². The number of ether oxygens (including phenoxy) is 1. The van der Waals surface area contributed by atoms with Crippen molar-refractivity contribution in [3.05, 3.63) is 58.3 Å². The number of nitrogen functional groups attached to an aromatic ring is 1. The molecule has 204 valence electrons. The van der Waals surface area contributed by atoms with Gasteiger partial charge in [-0.05, 0) is 29.8 Å². The number of thiazole rings is 1. The zero-order valence-corrected chi connectivity index (χ0v) is 21.7. The third-order valence-electron chi connectivity index (χ3n) is 5.49. The fourth-order valence-corrected chi connectivity index (χ4v) is 5.59. The lowest BCUT2D eigenvalue weighted by Gasteiger charge is -2.49. The number of carbonyl (C=O) groups excluding carboxylic acids is 3. The first-order valence-electron chi connectivity index (χ1n) is 11.0. The van der Waals surface area contributed by atoms with Crippen molar-refractivity contribution in [1.29, 1.82) is 0 Å². The molecule has 0 aliphatic carbocycles. The Labute approximate surface area is 228 Å². The minimum atomic E-state index is -1.34. The predicted molar refractivity (Wildman–Crippen MR) is 139 cm³/mol. The number of esters is 1. The van der Waals surface area contributed by atoms with E-state index < -0.39 is 40.9 Å². The topological polar surface area (TPSA) is 214 Å². The molecule has 1 fully saturated rings. The number of nitrogens with two attached hydrogens (primary N) is 1. The van der Waals surface area contributed by atoms with Crippen LogP contribution in [-0.2, 0) is 24.0 Å². The molecule has 6 N–H and O–H groups in total. The largest absolute Gasteiger partial charge is 0.504 e. The highest BCUT2D eigenvalue weighted by molar-refractivity contribution is 8.00. The van der Waals surface area contributed by atoms with Gasteiger partial charge in [0.25, 0.3) is 11.8 Å². The van der Waals surface area contributed by atoms with E-state index in [1.165, 1.54) is 42.5 Å². The number of carboxylic acid groups (broad SMARTS) is 1. The van der Waals surface area contributed by atoms with Gasteiger partial charge in [0.1, 0.15) is 36.5 Å². The summed E-state index contributed by atoms with van der Waals surface area (Å²) in [6, 6.07) is 2.45. The molecule has 3 heterocycles. The Hall–Kier alpha value is -4.57. The average Bonchev–Trinajstić information content (AvgIpc) is 3.34. The average molecular weight is 576 g/mol. The van der Waals surface area contributed by atoms with Crippen molar-refractivity contribution >= 4 is 57.7 Å². The number of nitrogens with one attached hydrogen (secondary N) is 1. The van der Waals surface area contributed by atoms with E-state index >= 15 is 0 Å². The lowest BCUT2D eigenvalue weighted by molar-refractivity contribution is -0.150. The highest BCUT2D eigenvalue weighted by Gasteiger charge is 2.54. The molecule has 0 bridgehead atoms. The smallest absolute Gasteiger partial charge is 0.352 e. The summed E-state index contributed by atoms with van der Waals surface area (Å²) in [6.45, 7) is -0.222. The van der Waals surface area contributed by atoms with Crippen molar-refractivity contribution in [3.63, 3.8) is 0 Å². The van der Waals surface area contributed by atoms with E-state index in [1.807, 2.05) is 0 Å². The zero-order valence-electron chi connectivity index (χ0n) is 20.1. The van der Waals surface area contributed by atoms with Gasteiger partial charge in [-0.25, -0.2) is 14.6 Å². The van der Waals surface area contributed by atoms with Gasteiger partial charge in [-0.15, -0.1) is 23.1 Å². The molecule has 0 saturated carbocycles. The number of aromatic hydroxyl groups is 2. The predicted octanol–water partition coefficient (Wildman–Crippen LogP) is 0.639. The third kappa shape index (κ3) is 5.65. The molecule has 1 saturated heterocycles. The number of hydrogen-bond acceptors (Lipinski definition) is 13. The Balaban J connectivity index is 1.42. The minimum absolute atomic E-state index is 0.0106. The Morgan fingerprint density at radius 1 is 1.31 bits per heavy atom. The van der Waals surface area contributed by atoms with Gasteiger partial charge in [0.2, 0.25) is 0 Å².